The maximum atomic E-state index is 13.1. The Morgan fingerprint density at radius 3 is 1.68 bits per heavy atom. The van der Waals surface area contributed by atoms with Crippen LogP contribution in [0.15, 0.2) is 90.5 Å². The fourth-order valence-corrected chi connectivity index (χ4v) is 2.78. The van der Waals surface area contributed by atoms with Crippen molar-refractivity contribution in [3.8, 4) is 0 Å². The van der Waals surface area contributed by atoms with E-state index in [1.165, 1.54) is 0 Å². The van der Waals surface area contributed by atoms with Gasteiger partial charge in [0.05, 0.1) is 5.57 Å². The normalized spacial score (nSPS) is 11.5. The molecule has 3 aromatic rings. The van der Waals surface area contributed by atoms with Crippen molar-refractivity contribution >= 4 is 23.0 Å². The van der Waals surface area contributed by atoms with Gasteiger partial charge in [-0.1, -0.05) is 90.5 Å². The average Bonchev–Trinajstić information content (AvgIpc) is 2.75. The first-order valence-electron chi connectivity index (χ1n) is 8.77. The van der Waals surface area contributed by atoms with Crippen molar-refractivity contribution in [3.05, 3.63) is 113 Å². The molecule has 0 saturated carbocycles. The Morgan fingerprint density at radius 2 is 1.14 bits per heavy atom. The smallest absolute Gasteiger partial charge is 0.211 e. The van der Waals surface area contributed by atoms with E-state index in [0.29, 0.717) is 11.1 Å². The predicted octanol–water partition coefficient (Wildman–Crippen LogP) is 5.05. The Balaban J connectivity index is 2.11. The molecule has 0 bridgehead atoms. The first-order chi connectivity index (χ1) is 13.5. The third-order valence-electron chi connectivity index (χ3n) is 4.34. The van der Waals surface area contributed by atoms with Crippen molar-refractivity contribution in [2.75, 3.05) is 0 Å². The lowest BCUT2D eigenvalue weighted by atomic mass is 9.91. The molecular formula is C24H19NO3. The molecule has 0 heterocycles. The van der Waals surface area contributed by atoms with Crippen LogP contribution < -0.4 is 0 Å². The summed E-state index contributed by atoms with van der Waals surface area (Å²) in [6.07, 6.45) is 0. The van der Waals surface area contributed by atoms with Gasteiger partial charge in [-0.05, 0) is 6.92 Å². The molecule has 4 heteroatoms. The number of carbonyl (C=O) groups is 2. The molecule has 0 fully saturated rings. The largest absolute Gasteiger partial charge is 0.506 e. The highest BCUT2D eigenvalue weighted by Crippen LogP contribution is 2.22. The number of allylic oxidation sites excluding steroid dienone is 1. The Morgan fingerprint density at radius 1 is 0.679 bits per heavy atom. The fourth-order valence-electron chi connectivity index (χ4n) is 2.78. The summed E-state index contributed by atoms with van der Waals surface area (Å²) in [7, 11) is 0. The standard InChI is InChI=1S/C24H19NO3/c1-16-12-14-19(15-13-16)24(28)21(25)20(22(26)17-8-4-2-5-9-17)23(27)18-10-6-3-7-11-18/h2-15,25-26H,1H3/b22-20+,25-21?. The summed E-state index contributed by atoms with van der Waals surface area (Å²) >= 11 is 0. The van der Waals surface area contributed by atoms with E-state index in [-0.39, 0.29) is 16.9 Å². The Labute approximate surface area is 163 Å². The molecular weight excluding hydrogens is 350 g/mol. The van der Waals surface area contributed by atoms with Crippen molar-refractivity contribution in [3.63, 3.8) is 0 Å². The number of aryl methyl sites for hydroxylation is 1. The topological polar surface area (TPSA) is 78.2 Å². The monoisotopic (exact) mass is 369 g/mol. The van der Waals surface area contributed by atoms with Gasteiger partial charge in [0.25, 0.3) is 0 Å². The highest BCUT2D eigenvalue weighted by atomic mass is 16.3. The summed E-state index contributed by atoms with van der Waals surface area (Å²) in [5, 5.41) is 19.2. The van der Waals surface area contributed by atoms with Gasteiger partial charge in [0.1, 0.15) is 11.5 Å². The van der Waals surface area contributed by atoms with E-state index < -0.39 is 17.3 Å². The minimum Gasteiger partial charge on any atom is -0.506 e. The lowest BCUT2D eigenvalue weighted by Crippen LogP contribution is -2.23. The molecule has 0 atom stereocenters. The van der Waals surface area contributed by atoms with Gasteiger partial charge in [-0.2, -0.15) is 0 Å². The number of nitrogens with one attached hydrogen (secondary N) is 1. The van der Waals surface area contributed by atoms with Gasteiger partial charge < -0.3 is 5.11 Å². The summed E-state index contributed by atoms with van der Waals surface area (Å²) in [5.74, 6) is -1.59. The van der Waals surface area contributed by atoms with Crippen molar-refractivity contribution in [1.82, 2.24) is 0 Å². The molecule has 0 aliphatic carbocycles. The zero-order chi connectivity index (χ0) is 20.1. The molecule has 4 nitrogen and oxygen atoms in total. The highest BCUT2D eigenvalue weighted by Gasteiger charge is 2.27. The number of Topliss-reactive ketones (excluding diaryl/α,β-unsaturated/α-hetero) is 2. The highest BCUT2D eigenvalue weighted by molar-refractivity contribution is 6.57. The fraction of sp³-hybridized carbons (Fsp3) is 0.0417. The molecule has 0 saturated heterocycles. The van der Waals surface area contributed by atoms with Gasteiger partial charge in [-0.15, -0.1) is 0 Å². The SMILES string of the molecule is Cc1ccc(C(=O)C(=N)/C(C(=O)c2ccccc2)=C(\O)c2ccccc2)cc1. The van der Waals surface area contributed by atoms with Crippen LogP contribution in [0.1, 0.15) is 31.8 Å². The molecule has 0 aromatic heterocycles. The zero-order valence-electron chi connectivity index (χ0n) is 15.3. The average molecular weight is 369 g/mol. The third kappa shape index (κ3) is 3.96. The van der Waals surface area contributed by atoms with Crippen LogP contribution >= 0.6 is 0 Å². The van der Waals surface area contributed by atoms with E-state index in [0.717, 1.165) is 5.56 Å². The summed E-state index contributed by atoms with van der Waals surface area (Å²) in [6.45, 7) is 1.89. The summed E-state index contributed by atoms with van der Waals surface area (Å²) in [6, 6.07) is 23.5. The van der Waals surface area contributed by atoms with Gasteiger partial charge in [0, 0.05) is 16.7 Å². The number of carbonyl (C=O) groups excluding carboxylic acids is 2. The van der Waals surface area contributed by atoms with Crippen molar-refractivity contribution in [2.45, 2.75) is 6.92 Å². The summed E-state index contributed by atoms with van der Waals surface area (Å²) in [5.41, 5.74) is 1.06. The molecule has 0 aliphatic heterocycles. The molecule has 0 unspecified atom stereocenters. The van der Waals surface area contributed by atoms with Crippen LogP contribution in [0.2, 0.25) is 0 Å². The van der Waals surface area contributed by atoms with Crippen molar-refractivity contribution in [1.29, 1.82) is 5.41 Å². The van der Waals surface area contributed by atoms with Crippen molar-refractivity contribution < 1.29 is 14.7 Å². The van der Waals surface area contributed by atoms with Crippen LogP contribution in [0.5, 0.6) is 0 Å². The second-order valence-electron chi connectivity index (χ2n) is 6.35. The lowest BCUT2D eigenvalue weighted by Gasteiger charge is -2.12. The van der Waals surface area contributed by atoms with E-state index in [1.807, 2.05) is 6.92 Å². The van der Waals surface area contributed by atoms with Crippen LogP contribution in [0.25, 0.3) is 5.76 Å². The third-order valence-corrected chi connectivity index (χ3v) is 4.34. The number of rotatable bonds is 6. The molecule has 28 heavy (non-hydrogen) atoms. The minimum absolute atomic E-state index is 0.287. The molecule has 138 valence electrons. The second-order valence-corrected chi connectivity index (χ2v) is 6.35. The van der Waals surface area contributed by atoms with E-state index in [4.69, 9.17) is 5.41 Å². The molecule has 3 rings (SSSR count). The lowest BCUT2D eigenvalue weighted by molar-refractivity contribution is 0.102. The number of ketones is 2. The van der Waals surface area contributed by atoms with E-state index in [2.05, 4.69) is 0 Å². The van der Waals surface area contributed by atoms with E-state index >= 15 is 0 Å². The maximum absolute atomic E-state index is 13.1. The number of hydrogen-bond acceptors (Lipinski definition) is 4. The van der Waals surface area contributed by atoms with Crippen LogP contribution in [-0.2, 0) is 0 Å². The molecule has 0 aliphatic rings. The first kappa shape index (κ1) is 19.0. The molecule has 0 radical (unpaired) electrons. The van der Waals surface area contributed by atoms with Crippen LogP contribution in [-0.4, -0.2) is 22.4 Å². The Kier molecular flexibility index (Phi) is 5.61. The Bertz CT molecular complexity index is 1050. The number of aliphatic hydroxyl groups is 1. The number of hydrogen-bond donors (Lipinski definition) is 2. The zero-order valence-corrected chi connectivity index (χ0v) is 15.3. The van der Waals surface area contributed by atoms with Gasteiger partial charge in [-0.25, -0.2) is 0 Å². The summed E-state index contributed by atoms with van der Waals surface area (Å²) in [4.78, 5) is 25.9. The number of aliphatic hydroxyl groups excluding tert-OH is 1. The quantitative estimate of drug-likeness (QED) is 0.276. The van der Waals surface area contributed by atoms with Crippen LogP contribution in [0.3, 0.4) is 0 Å². The first-order valence-corrected chi connectivity index (χ1v) is 8.77. The van der Waals surface area contributed by atoms with Gasteiger partial charge >= 0.3 is 0 Å². The van der Waals surface area contributed by atoms with E-state index in [9.17, 15) is 14.7 Å². The summed E-state index contributed by atoms with van der Waals surface area (Å²) < 4.78 is 0. The molecule has 0 amide bonds. The van der Waals surface area contributed by atoms with Gasteiger partial charge in [0.2, 0.25) is 5.78 Å². The van der Waals surface area contributed by atoms with E-state index in [1.54, 1.807) is 84.9 Å². The second kappa shape index (κ2) is 8.27. The Hall–Kier alpha value is -3.79. The van der Waals surface area contributed by atoms with Crippen LogP contribution in [0.4, 0.5) is 0 Å². The minimum atomic E-state index is -0.623. The maximum Gasteiger partial charge on any atom is 0.211 e. The van der Waals surface area contributed by atoms with Crippen LogP contribution in [0, 0.1) is 12.3 Å². The van der Waals surface area contributed by atoms with Gasteiger partial charge in [0.15, 0.2) is 5.78 Å². The molecule has 0 spiro atoms. The molecule has 2 N–H and O–H groups in total. The molecule has 3 aromatic carbocycles. The van der Waals surface area contributed by atoms with Crippen molar-refractivity contribution in [2.24, 2.45) is 0 Å². The predicted molar refractivity (Wildman–Crippen MR) is 110 cm³/mol. The van der Waals surface area contributed by atoms with Gasteiger partial charge in [-0.3, -0.25) is 15.0 Å². The number of benzene rings is 3.